The van der Waals surface area contributed by atoms with Crippen LogP contribution in [-0.2, 0) is 14.3 Å². The molecule has 0 spiro atoms. The van der Waals surface area contributed by atoms with Gasteiger partial charge in [-0.1, -0.05) is 0 Å². The Balaban J connectivity index is 4.25. The van der Waals surface area contributed by atoms with Crippen molar-refractivity contribution in [3.63, 3.8) is 0 Å². The van der Waals surface area contributed by atoms with E-state index < -0.39 is 29.6 Å². The minimum atomic E-state index is -1.22. The topological polar surface area (TPSA) is 131 Å². The first-order valence-electron chi connectivity index (χ1n) is 5.78. The van der Waals surface area contributed by atoms with Crippen LogP contribution in [0.5, 0.6) is 0 Å². The molecular formula is C11H21N3O5. The molecule has 0 aromatic rings. The molecular weight excluding hydrogens is 254 g/mol. The van der Waals surface area contributed by atoms with E-state index in [0.29, 0.717) is 0 Å². The average Bonchev–Trinajstić information content (AvgIpc) is 2.31. The van der Waals surface area contributed by atoms with Gasteiger partial charge in [0.05, 0.1) is 5.60 Å². The molecule has 3 amide bonds. The number of amides is 3. The molecule has 8 nitrogen and oxygen atoms in total. The van der Waals surface area contributed by atoms with Crippen LogP contribution in [0.4, 0.5) is 4.79 Å². The maximum atomic E-state index is 11.5. The monoisotopic (exact) mass is 275 g/mol. The summed E-state index contributed by atoms with van der Waals surface area (Å²) in [4.78, 5) is 33.0. The number of methoxy groups -OCH3 is 1. The molecule has 8 heteroatoms. The number of ether oxygens (including phenoxy) is 1. The number of carbonyl (C=O) groups is 3. The lowest BCUT2D eigenvalue weighted by molar-refractivity contribution is -0.139. The van der Waals surface area contributed by atoms with Crippen molar-refractivity contribution < 1.29 is 24.2 Å². The maximum absolute atomic E-state index is 11.5. The number of nitrogens with two attached hydrogens (primary N) is 1. The molecule has 0 saturated carbocycles. The van der Waals surface area contributed by atoms with Gasteiger partial charge in [0.25, 0.3) is 0 Å². The highest BCUT2D eigenvalue weighted by Gasteiger charge is 2.22. The summed E-state index contributed by atoms with van der Waals surface area (Å²) in [5.41, 5.74) is 4.38. The van der Waals surface area contributed by atoms with E-state index in [1.165, 1.54) is 7.11 Å². The molecule has 0 rings (SSSR count). The van der Waals surface area contributed by atoms with Crippen molar-refractivity contribution in [2.75, 3.05) is 13.7 Å². The van der Waals surface area contributed by atoms with E-state index in [2.05, 4.69) is 10.6 Å². The molecule has 19 heavy (non-hydrogen) atoms. The Hall–Kier alpha value is -1.83. The number of hydrogen-bond donors (Lipinski definition) is 4. The Morgan fingerprint density at radius 3 is 2.37 bits per heavy atom. The molecule has 1 atom stereocenters. The third kappa shape index (κ3) is 7.98. The maximum Gasteiger partial charge on any atom is 0.326 e. The Labute approximate surface area is 111 Å². The highest BCUT2D eigenvalue weighted by atomic mass is 16.5. The number of primary amides is 1. The first kappa shape index (κ1) is 17.2. The lowest BCUT2D eigenvalue weighted by Crippen LogP contribution is -2.49. The molecule has 5 N–H and O–H groups in total. The Morgan fingerprint density at radius 2 is 1.95 bits per heavy atom. The van der Waals surface area contributed by atoms with Gasteiger partial charge in [0, 0.05) is 20.1 Å². The number of urea groups is 1. The SMILES string of the molecule is COC(C)(C)CNC(=O)N[C@H](CCC(N)=O)C(=O)O. The molecule has 0 unspecified atom stereocenters. The summed E-state index contributed by atoms with van der Waals surface area (Å²) < 4.78 is 5.10. The van der Waals surface area contributed by atoms with Crippen LogP contribution in [0.1, 0.15) is 26.7 Å². The summed E-state index contributed by atoms with van der Waals surface area (Å²) in [6.45, 7) is 3.77. The number of carbonyl (C=O) groups excluding carboxylic acids is 2. The van der Waals surface area contributed by atoms with Crippen LogP contribution in [0.2, 0.25) is 0 Å². The second-order valence-corrected chi connectivity index (χ2v) is 4.69. The minimum Gasteiger partial charge on any atom is -0.480 e. The summed E-state index contributed by atoms with van der Waals surface area (Å²) >= 11 is 0. The molecule has 110 valence electrons. The Morgan fingerprint density at radius 1 is 1.37 bits per heavy atom. The number of hydrogen-bond acceptors (Lipinski definition) is 4. The first-order valence-corrected chi connectivity index (χ1v) is 5.78. The van der Waals surface area contributed by atoms with E-state index in [1.54, 1.807) is 13.8 Å². The van der Waals surface area contributed by atoms with E-state index in [0.717, 1.165) is 0 Å². The van der Waals surface area contributed by atoms with Gasteiger partial charge in [-0.2, -0.15) is 0 Å². The van der Waals surface area contributed by atoms with Crippen LogP contribution >= 0.6 is 0 Å². The van der Waals surface area contributed by atoms with Crippen LogP contribution in [0.25, 0.3) is 0 Å². The largest absolute Gasteiger partial charge is 0.480 e. The van der Waals surface area contributed by atoms with Gasteiger partial charge in [-0.3, -0.25) is 4.79 Å². The smallest absolute Gasteiger partial charge is 0.326 e. The number of carboxylic acid groups (broad SMARTS) is 1. The number of carboxylic acids is 1. The second-order valence-electron chi connectivity index (χ2n) is 4.69. The third-order valence-electron chi connectivity index (χ3n) is 2.51. The molecule has 0 aliphatic rings. The van der Waals surface area contributed by atoms with Crippen molar-refractivity contribution >= 4 is 17.9 Å². The summed E-state index contributed by atoms with van der Waals surface area (Å²) in [7, 11) is 1.51. The average molecular weight is 275 g/mol. The molecule has 0 saturated heterocycles. The summed E-state index contributed by atoms with van der Waals surface area (Å²) in [5.74, 6) is -1.84. The summed E-state index contributed by atoms with van der Waals surface area (Å²) in [5, 5.41) is 13.6. The van der Waals surface area contributed by atoms with Crippen LogP contribution in [-0.4, -0.2) is 48.3 Å². The van der Waals surface area contributed by atoms with Gasteiger partial charge in [0.15, 0.2) is 0 Å². The van der Waals surface area contributed by atoms with Crippen molar-refractivity contribution in [3.05, 3.63) is 0 Å². The van der Waals surface area contributed by atoms with Gasteiger partial charge in [-0.25, -0.2) is 9.59 Å². The van der Waals surface area contributed by atoms with E-state index >= 15 is 0 Å². The van der Waals surface area contributed by atoms with Crippen LogP contribution in [0, 0.1) is 0 Å². The Kier molecular flexibility index (Phi) is 6.84. The van der Waals surface area contributed by atoms with Crippen molar-refractivity contribution in [2.24, 2.45) is 5.73 Å². The van der Waals surface area contributed by atoms with E-state index in [-0.39, 0.29) is 19.4 Å². The number of aliphatic carboxylic acids is 1. The lowest BCUT2D eigenvalue weighted by Gasteiger charge is -2.23. The first-order chi connectivity index (χ1) is 8.68. The molecule has 0 fully saturated rings. The van der Waals surface area contributed by atoms with Gasteiger partial charge in [-0.15, -0.1) is 0 Å². The van der Waals surface area contributed by atoms with Crippen LogP contribution in [0.15, 0.2) is 0 Å². The zero-order valence-electron chi connectivity index (χ0n) is 11.4. The number of rotatable bonds is 8. The summed E-state index contributed by atoms with van der Waals surface area (Å²) in [6.07, 6.45) is -0.160. The third-order valence-corrected chi connectivity index (χ3v) is 2.51. The van der Waals surface area contributed by atoms with Crippen molar-refractivity contribution in [1.29, 1.82) is 0 Å². The molecule has 0 heterocycles. The predicted octanol–water partition coefficient (Wildman–Crippen LogP) is -0.571. The van der Waals surface area contributed by atoms with Gasteiger partial charge in [0.1, 0.15) is 6.04 Å². The van der Waals surface area contributed by atoms with E-state index in [4.69, 9.17) is 15.6 Å². The highest BCUT2D eigenvalue weighted by Crippen LogP contribution is 2.04. The standard InChI is InChI=1S/C11H21N3O5/c1-11(2,19-3)6-13-10(18)14-7(9(16)17)4-5-8(12)15/h7H,4-6H2,1-3H3,(H2,12,15)(H,16,17)(H2,13,14,18)/t7-/m1/s1. The minimum absolute atomic E-state index is 0.0498. The van der Waals surface area contributed by atoms with Crippen molar-refractivity contribution in [1.82, 2.24) is 10.6 Å². The zero-order valence-corrected chi connectivity index (χ0v) is 11.4. The van der Waals surface area contributed by atoms with Gasteiger partial charge >= 0.3 is 12.0 Å². The Bertz CT molecular complexity index is 343. The molecule has 0 aliphatic heterocycles. The van der Waals surface area contributed by atoms with Crippen molar-refractivity contribution in [2.45, 2.75) is 38.3 Å². The molecule has 0 aromatic heterocycles. The fourth-order valence-electron chi connectivity index (χ4n) is 1.12. The fraction of sp³-hybridized carbons (Fsp3) is 0.727. The van der Waals surface area contributed by atoms with Crippen LogP contribution < -0.4 is 16.4 Å². The molecule has 0 radical (unpaired) electrons. The van der Waals surface area contributed by atoms with Gasteiger partial charge in [-0.05, 0) is 20.3 Å². The van der Waals surface area contributed by atoms with Crippen molar-refractivity contribution in [3.8, 4) is 0 Å². The predicted molar refractivity (Wildman–Crippen MR) is 67.5 cm³/mol. The normalized spacial score (nSPS) is 12.6. The van der Waals surface area contributed by atoms with Gasteiger partial charge in [0.2, 0.25) is 5.91 Å². The van der Waals surface area contributed by atoms with Crippen LogP contribution in [0.3, 0.4) is 0 Å². The molecule has 0 aromatic carbocycles. The lowest BCUT2D eigenvalue weighted by atomic mass is 10.1. The fourth-order valence-corrected chi connectivity index (χ4v) is 1.12. The van der Waals surface area contributed by atoms with Gasteiger partial charge < -0.3 is 26.2 Å². The quantitative estimate of drug-likeness (QED) is 0.471. The highest BCUT2D eigenvalue weighted by molar-refractivity contribution is 5.83. The second kappa shape index (κ2) is 7.57. The molecule has 0 aliphatic carbocycles. The zero-order chi connectivity index (χ0) is 15.1. The summed E-state index contributed by atoms with van der Waals surface area (Å²) in [6, 6.07) is -1.79. The van der Waals surface area contributed by atoms with E-state index in [1.807, 2.05) is 0 Å². The van der Waals surface area contributed by atoms with E-state index in [9.17, 15) is 14.4 Å². The number of nitrogens with one attached hydrogen (secondary N) is 2. The molecule has 0 bridgehead atoms.